The topological polar surface area (TPSA) is 69.1 Å². The number of aliphatic hydroxyl groups is 1. The Balaban J connectivity index is 1.86. The Labute approximate surface area is 155 Å². The molecule has 0 bridgehead atoms. The molecular weight excluding hydrogens is 335 g/mol. The molecule has 1 unspecified atom stereocenters. The maximum absolute atomic E-state index is 13.8. The summed E-state index contributed by atoms with van der Waals surface area (Å²) in [4.78, 5) is 6.83. The minimum Gasteiger partial charge on any atom is -0.386 e. The van der Waals surface area contributed by atoms with Gasteiger partial charge in [0.25, 0.3) is 0 Å². The van der Waals surface area contributed by atoms with Gasteiger partial charge in [-0.15, -0.1) is 0 Å². The molecule has 3 N–H and O–H groups in total. The molecule has 26 heavy (non-hydrogen) atoms. The Kier molecular flexibility index (Phi) is 8.80. The van der Waals surface area contributed by atoms with Crippen molar-refractivity contribution in [1.82, 2.24) is 15.5 Å². The third-order valence-corrected chi connectivity index (χ3v) is 4.57. The van der Waals surface area contributed by atoms with E-state index in [9.17, 15) is 9.50 Å². The lowest BCUT2D eigenvalue weighted by Gasteiger charge is -2.32. The van der Waals surface area contributed by atoms with Gasteiger partial charge >= 0.3 is 0 Å². The molecule has 0 aliphatic carbocycles. The number of methoxy groups -OCH3 is 1. The number of nitrogens with one attached hydrogen (secondary N) is 2. The molecule has 7 heteroatoms. The van der Waals surface area contributed by atoms with E-state index in [1.54, 1.807) is 25.3 Å². The Morgan fingerprint density at radius 2 is 2.12 bits per heavy atom. The van der Waals surface area contributed by atoms with Crippen LogP contribution in [0, 0.1) is 5.82 Å². The molecule has 1 saturated heterocycles. The lowest BCUT2D eigenvalue weighted by atomic mass is 10.1. The van der Waals surface area contributed by atoms with E-state index in [0.717, 1.165) is 45.6 Å². The van der Waals surface area contributed by atoms with Crippen molar-refractivity contribution in [3.63, 3.8) is 0 Å². The predicted octanol–water partition coefficient (Wildman–Crippen LogP) is 1.52. The molecule has 1 aliphatic rings. The summed E-state index contributed by atoms with van der Waals surface area (Å²) in [5.41, 5.74) is 0.276. The highest BCUT2D eigenvalue weighted by Crippen LogP contribution is 2.16. The second kappa shape index (κ2) is 11.1. The van der Waals surface area contributed by atoms with Crippen LogP contribution >= 0.6 is 0 Å². The minimum absolute atomic E-state index is 0.114. The summed E-state index contributed by atoms with van der Waals surface area (Å²) >= 11 is 0. The molecule has 0 aromatic heterocycles. The second-order valence-corrected chi connectivity index (χ2v) is 6.51. The highest BCUT2D eigenvalue weighted by molar-refractivity contribution is 5.80. The first kappa shape index (κ1) is 20.6. The van der Waals surface area contributed by atoms with E-state index in [1.165, 1.54) is 6.07 Å². The number of benzene rings is 1. The van der Waals surface area contributed by atoms with E-state index in [0.29, 0.717) is 12.0 Å². The fourth-order valence-corrected chi connectivity index (χ4v) is 3.06. The maximum Gasteiger partial charge on any atom is 0.191 e. The molecule has 6 nitrogen and oxygen atoms in total. The van der Waals surface area contributed by atoms with Gasteiger partial charge in [-0.25, -0.2) is 4.39 Å². The zero-order valence-electron chi connectivity index (χ0n) is 15.7. The quantitative estimate of drug-likeness (QED) is 0.481. The summed E-state index contributed by atoms with van der Waals surface area (Å²) in [7, 11) is 1.73. The lowest BCUT2D eigenvalue weighted by Crippen LogP contribution is -2.49. The van der Waals surface area contributed by atoms with Crippen LogP contribution in [0.1, 0.15) is 31.4 Å². The van der Waals surface area contributed by atoms with E-state index in [1.807, 2.05) is 6.92 Å². The first-order valence-electron chi connectivity index (χ1n) is 9.32. The van der Waals surface area contributed by atoms with Crippen LogP contribution in [-0.4, -0.2) is 68.4 Å². The number of ether oxygens (including phenoxy) is 1. The van der Waals surface area contributed by atoms with Crippen molar-refractivity contribution in [2.24, 2.45) is 4.99 Å². The molecule has 0 radical (unpaired) electrons. The number of hydrogen-bond donors (Lipinski definition) is 3. The molecule has 1 aromatic carbocycles. The largest absolute Gasteiger partial charge is 0.386 e. The number of hydrogen-bond acceptors (Lipinski definition) is 4. The molecule has 1 aromatic rings. The molecule has 0 amide bonds. The van der Waals surface area contributed by atoms with Crippen molar-refractivity contribution in [3.05, 3.63) is 35.6 Å². The van der Waals surface area contributed by atoms with Crippen LogP contribution in [0.2, 0.25) is 0 Å². The molecule has 1 atom stereocenters. The molecule has 1 aliphatic heterocycles. The van der Waals surface area contributed by atoms with E-state index in [4.69, 9.17) is 4.74 Å². The third kappa shape index (κ3) is 6.55. The zero-order chi connectivity index (χ0) is 18.8. The van der Waals surface area contributed by atoms with Crippen molar-refractivity contribution in [1.29, 1.82) is 0 Å². The number of likely N-dealkylation sites (tertiary alicyclic amines) is 1. The fraction of sp³-hybridized carbons (Fsp3) is 0.632. The average Bonchev–Trinajstić information content (AvgIpc) is 2.66. The standard InChI is InChI=1S/C19H31FN4O2/c1-3-21-19(22-14-18(25)16-6-4-5-7-17(16)20)23-15-8-10-24(11-9-15)12-13-26-2/h4-7,15,18,25H,3,8-14H2,1-2H3,(H2,21,22,23). The molecular formula is C19H31FN4O2. The zero-order valence-corrected chi connectivity index (χ0v) is 15.7. The number of nitrogens with zero attached hydrogens (tertiary/aromatic N) is 2. The van der Waals surface area contributed by atoms with Crippen LogP contribution in [0.5, 0.6) is 0 Å². The van der Waals surface area contributed by atoms with Crippen molar-refractivity contribution < 1.29 is 14.2 Å². The fourth-order valence-electron chi connectivity index (χ4n) is 3.06. The van der Waals surface area contributed by atoms with Gasteiger partial charge in [0, 0.05) is 44.9 Å². The van der Waals surface area contributed by atoms with Gasteiger partial charge in [-0.3, -0.25) is 4.99 Å². The monoisotopic (exact) mass is 366 g/mol. The van der Waals surface area contributed by atoms with Crippen LogP contribution in [0.25, 0.3) is 0 Å². The molecule has 1 fully saturated rings. The number of aliphatic hydroxyl groups excluding tert-OH is 1. The van der Waals surface area contributed by atoms with E-state index in [2.05, 4.69) is 20.5 Å². The van der Waals surface area contributed by atoms with Crippen molar-refractivity contribution >= 4 is 5.96 Å². The van der Waals surface area contributed by atoms with Gasteiger partial charge in [0.05, 0.1) is 13.2 Å². The van der Waals surface area contributed by atoms with Gasteiger partial charge in [0.1, 0.15) is 11.9 Å². The van der Waals surface area contributed by atoms with Crippen LogP contribution < -0.4 is 10.6 Å². The lowest BCUT2D eigenvalue weighted by molar-refractivity contribution is 0.128. The minimum atomic E-state index is -0.956. The number of rotatable bonds is 8. The molecule has 0 saturated carbocycles. The summed E-state index contributed by atoms with van der Waals surface area (Å²) < 4.78 is 18.9. The first-order valence-corrected chi connectivity index (χ1v) is 9.32. The second-order valence-electron chi connectivity index (χ2n) is 6.51. The van der Waals surface area contributed by atoms with Crippen LogP contribution in [0.3, 0.4) is 0 Å². The predicted molar refractivity (Wildman–Crippen MR) is 102 cm³/mol. The SMILES string of the molecule is CCNC(=NCC(O)c1ccccc1F)NC1CCN(CCOC)CC1. The Morgan fingerprint density at radius 1 is 1.38 bits per heavy atom. The highest BCUT2D eigenvalue weighted by atomic mass is 19.1. The Morgan fingerprint density at radius 3 is 2.77 bits per heavy atom. The normalized spacial score (nSPS) is 17.9. The van der Waals surface area contributed by atoms with Crippen molar-refractivity contribution in [3.8, 4) is 0 Å². The Hall–Kier alpha value is -1.70. The molecule has 2 rings (SSSR count). The summed E-state index contributed by atoms with van der Waals surface area (Å²) in [6.45, 7) is 6.62. The smallest absolute Gasteiger partial charge is 0.191 e. The number of aliphatic imine (C=N–C) groups is 1. The number of piperidine rings is 1. The van der Waals surface area contributed by atoms with Crippen molar-refractivity contribution in [2.45, 2.75) is 31.9 Å². The number of halogens is 1. The van der Waals surface area contributed by atoms with Gasteiger partial charge in [0.15, 0.2) is 5.96 Å². The summed E-state index contributed by atoms with van der Waals surface area (Å²) in [6, 6.07) is 6.61. The summed E-state index contributed by atoms with van der Waals surface area (Å²) in [5.74, 6) is 0.259. The van der Waals surface area contributed by atoms with Gasteiger partial charge in [-0.05, 0) is 25.8 Å². The van der Waals surface area contributed by atoms with E-state index >= 15 is 0 Å². The maximum atomic E-state index is 13.8. The van der Waals surface area contributed by atoms with E-state index < -0.39 is 11.9 Å². The highest BCUT2D eigenvalue weighted by Gasteiger charge is 2.20. The van der Waals surface area contributed by atoms with Crippen LogP contribution in [0.15, 0.2) is 29.3 Å². The number of guanidine groups is 1. The third-order valence-electron chi connectivity index (χ3n) is 4.57. The van der Waals surface area contributed by atoms with E-state index in [-0.39, 0.29) is 12.1 Å². The summed E-state index contributed by atoms with van der Waals surface area (Å²) in [5, 5.41) is 16.8. The van der Waals surface area contributed by atoms with Gasteiger partial charge in [-0.1, -0.05) is 18.2 Å². The van der Waals surface area contributed by atoms with Crippen LogP contribution in [-0.2, 0) is 4.74 Å². The average molecular weight is 366 g/mol. The summed E-state index contributed by atoms with van der Waals surface area (Å²) in [6.07, 6.45) is 1.11. The van der Waals surface area contributed by atoms with Crippen molar-refractivity contribution in [2.75, 3.05) is 46.4 Å². The molecule has 1 heterocycles. The van der Waals surface area contributed by atoms with Gasteiger partial charge in [0.2, 0.25) is 0 Å². The molecule has 146 valence electrons. The molecule has 0 spiro atoms. The first-order chi connectivity index (χ1) is 12.6. The van der Waals surface area contributed by atoms with Gasteiger partial charge in [-0.2, -0.15) is 0 Å². The van der Waals surface area contributed by atoms with Crippen LogP contribution in [0.4, 0.5) is 4.39 Å². The Bertz CT molecular complexity index is 562. The van der Waals surface area contributed by atoms with Gasteiger partial charge < -0.3 is 25.4 Å².